The quantitative estimate of drug-likeness (QED) is 0.846. The summed E-state index contributed by atoms with van der Waals surface area (Å²) >= 11 is 0. The Morgan fingerprint density at radius 2 is 2.04 bits per heavy atom. The van der Waals surface area contributed by atoms with Crippen LogP contribution in [0.2, 0.25) is 0 Å². The summed E-state index contributed by atoms with van der Waals surface area (Å²) < 4.78 is 0. The maximum atomic E-state index is 12.1. The molecule has 2 fully saturated rings. The number of allylic oxidation sites excluding steroid dienone is 1. The first-order valence-electron chi connectivity index (χ1n) is 8.37. The normalized spacial score (nSPS) is 19.0. The fourth-order valence-electron chi connectivity index (χ4n) is 2.81. The number of aromatic nitrogens is 1. The van der Waals surface area contributed by atoms with Gasteiger partial charge in [-0.15, -0.1) is 0 Å². The second-order valence-corrected chi connectivity index (χ2v) is 6.42. The number of amides is 2. The van der Waals surface area contributed by atoms with Crippen LogP contribution >= 0.6 is 0 Å². The molecule has 1 saturated heterocycles. The first-order valence-corrected chi connectivity index (χ1v) is 8.37. The van der Waals surface area contributed by atoms with Gasteiger partial charge >= 0.3 is 0 Å². The lowest BCUT2D eigenvalue weighted by Crippen LogP contribution is -2.41. The summed E-state index contributed by atoms with van der Waals surface area (Å²) in [5.41, 5.74) is 0.588. The summed E-state index contributed by atoms with van der Waals surface area (Å²) in [6, 6.07) is 3.52. The van der Waals surface area contributed by atoms with Gasteiger partial charge in [0.1, 0.15) is 0 Å². The van der Waals surface area contributed by atoms with E-state index in [1.54, 1.807) is 30.6 Å². The van der Waals surface area contributed by atoms with Crippen molar-refractivity contribution in [3.63, 3.8) is 0 Å². The van der Waals surface area contributed by atoms with Gasteiger partial charge in [-0.1, -0.05) is 6.08 Å². The van der Waals surface area contributed by atoms with E-state index in [9.17, 15) is 9.59 Å². The summed E-state index contributed by atoms with van der Waals surface area (Å²) in [6.45, 7) is 2.22. The van der Waals surface area contributed by atoms with E-state index in [-0.39, 0.29) is 11.8 Å². The van der Waals surface area contributed by atoms with Crippen LogP contribution in [0.25, 0.3) is 0 Å². The second-order valence-electron chi connectivity index (χ2n) is 6.42. The largest absolute Gasteiger partial charge is 0.352 e. The highest BCUT2D eigenvalue weighted by Crippen LogP contribution is 2.30. The van der Waals surface area contributed by atoms with Crippen molar-refractivity contribution in [3.05, 3.63) is 42.2 Å². The molecule has 3 rings (SSSR count). The summed E-state index contributed by atoms with van der Waals surface area (Å²) in [5, 5.41) is 2.96. The maximum absolute atomic E-state index is 12.1. The van der Waals surface area contributed by atoms with Crippen molar-refractivity contribution >= 4 is 11.8 Å². The predicted molar refractivity (Wildman–Crippen MR) is 87.7 cm³/mol. The molecule has 0 atom stereocenters. The van der Waals surface area contributed by atoms with Gasteiger partial charge < -0.3 is 10.2 Å². The summed E-state index contributed by atoms with van der Waals surface area (Å²) in [4.78, 5) is 29.9. The number of rotatable bonds is 5. The average molecular weight is 313 g/mol. The summed E-state index contributed by atoms with van der Waals surface area (Å²) in [7, 11) is 0. The van der Waals surface area contributed by atoms with Gasteiger partial charge in [0, 0.05) is 32.0 Å². The van der Waals surface area contributed by atoms with Gasteiger partial charge in [-0.05, 0) is 55.7 Å². The maximum Gasteiger partial charge on any atom is 0.252 e. The minimum atomic E-state index is -0.0797. The lowest BCUT2D eigenvalue weighted by atomic mass is 9.96. The van der Waals surface area contributed by atoms with Crippen molar-refractivity contribution < 1.29 is 9.59 Å². The van der Waals surface area contributed by atoms with E-state index >= 15 is 0 Å². The van der Waals surface area contributed by atoms with Gasteiger partial charge in [0.15, 0.2) is 0 Å². The van der Waals surface area contributed by atoms with E-state index in [4.69, 9.17) is 0 Å². The minimum absolute atomic E-state index is 0.0797. The fraction of sp³-hybridized carbons (Fsp3) is 0.500. The molecule has 1 saturated carbocycles. The Hall–Kier alpha value is -2.17. The Kier molecular flexibility index (Phi) is 5.05. The molecule has 2 heterocycles. The zero-order chi connectivity index (χ0) is 16.1. The van der Waals surface area contributed by atoms with Crippen LogP contribution in [0.15, 0.2) is 36.7 Å². The fourth-order valence-corrected chi connectivity index (χ4v) is 2.81. The molecule has 1 aromatic rings. The molecule has 23 heavy (non-hydrogen) atoms. The molecular weight excluding hydrogens is 290 g/mol. The standard InChI is InChI=1S/C18H23N3O2/c22-17(6-5-14-3-4-14)21-10-7-15(8-11-21)12-20-18(23)16-2-1-9-19-13-16/h1-2,5-6,9,13-15H,3-4,7-8,10-12H2,(H,20,23)/b6-5+. The van der Waals surface area contributed by atoms with E-state index in [2.05, 4.69) is 10.3 Å². The van der Waals surface area contributed by atoms with Crippen molar-refractivity contribution in [1.82, 2.24) is 15.2 Å². The molecule has 1 N–H and O–H groups in total. The van der Waals surface area contributed by atoms with Gasteiger partial charge in [0.2, 0.25) is 5.91 Å². The summed E-state index contributed by atoms with van der Waals surface area (Å²) in [6.07, 6.45) is 11.3. The van der Waals surface area contributed by atoms with Crippen LogP contribution in [0.5, 0.6) is 0 Å². The number of carbonyl (C=O) groups excluding carboxylic acids is 2. The van der Waals surface area contributed by atoms with Crippen LogP contribution in [-0.2, 0) is 4.79 Å². The first-order chi connectivity index (χ1) is 11.2. The monoisotopic (exact) mass is 313 g/mol. The Bertz CT molecular complexity index is 573. The predicted octanol–water partition coefficient (Wildman–Crippen LogP) is 2.02. The average Bonchev–Trinajstić information content (AvgIpc) is 3.43. The smallest absolute Gasteiger partial charge is 0.252 e. The first kappa shape index (κ1) is 15.7. The highest BCUT2D eigenvalue weighted by Gasteiger charge is 2.23. The van der Waals surface area contributed by atoms with Crippen molar-refractivity contribution in [2.45, 2.75) is 25.7 Å². The molecule has 1 aliphatic carbocycles. The highest BCUT2D eigenvalue weighted by molar-refractivity contribution is 5.93. The third-order valence-electron chi connectivity index (χ3n) is 4.53. The molecule has 1 aromatic heterocycles. The molecule has 5 nitrogen and oxygen atoms in total. The van der Waals surface area contributed by atoms with E-state index in [1.807, 2.05) is 11.0 Å². The van der Waals surface area contributed by atoms with E-state index < -0.39 is 0 Å². The molecule has 122 valence electrons. The number of piperidine rings is 1. The van der Waals surface area contributed by atoms with Crippen LogP contribution in [0.4, 0.5) is 0 Å². The van der Waals surface area contributed by atoms with Crippen LogP contribution < -0.4 is 5.32 Å². The van der Waals surface area contributed by atoms with Gasteiger partial charge in [0.25, 0.3) is 5.91 Å². The van der Waals surface area contributed by atoms with Crippen LogP contribution in [-0.4, -0.2) is 41.3 Å². The van der Waals surface area contributed by atoms with Crippen molar-refractivity contribution in [1.29, 1.82) is 0 Å². The molecule has 0 unspecified atom stereocenters. The molecule has 5 heteroatoms. The number of nitrogens with one attached hydrogen (secondary N) is 1. The van der Waals surface area contributed by atoms with Gasteiger partial charge in [-0.25, -0.2) is 0 Å². The number of pyridine rings is 1. The molecule has 0 spiro atoms. The van der Waals surface area contributed by atoms with Gasteiger partial charge in [0.05, 0.1) is 5.56 Å². The Morgan fingerprint density at radius 3 is 2.70 bits per heavy atom. The Balaban J connectivity index is 1.39. The molecule has 1 aliphatic heterocycles. The molecular formula is C18H23N3O2. The zero-order valence-electron chi connectivity index (χ0n) is 13.3. The van der Waals surface area contributed by atoms with Gasteiger partial charge in [-0.3, -0.25) is 14.6 Å². The highest BCUT2D eigenvalue weighted by atomic mass is 16.2. The molecule has 2 aliphatic rings. The third-order valence-corrected chi connectivity index (χ3v) is 4.53. The zero-order valence-corrected chi connectivity index (χ0v) is 13.3. The van der Waals surface area contributed by atoms with Crippen molar-refractivity contribution in [3.8, 4) is 0 Å². The van der Waals surface area contributed by atoms with E-state index in [0.29, 0.717) is 23.9 Å². The van der Waals surface area contributed by atoms with Crippen LogP contribution in [0.1, 0.15) is 36.0 Å². The number of likely N-dealkylation sites (tertiary alicyclic amines) is 1. The third kappa shape index (κ3) is 4.65. The van der Waals surface area contributed by atoms with Crippen molar-refractivity contribution in [2.24, 2.45) is 11.8 Å². The summed E-state index contributed by atoms with van der Waals surface area (Å²) in [5.74, 6) is 1.13. The number of hydrogen-bond acceptors (Lipinski definition) is 3. The van der Waals surface area contributed by atoms with Gasteiger partial charge in [-0.2, -0.15) is 0 Å². The SMILES string of the molecule is O=C(NCC1CCN(C(=O)/C=C/C2CC2)CC1)c1cccnc1. The number of carbonyl (C=O) groups is 2. The molecule has 0 radical (unpaired) electrons. The second kappa shape index (κ2) is 7.40. The van der Waals surface area contributed by atoms with Crippen LogP contribution in [0, 0.1) is 11.8 Å². The molecule has 0 bridgehead atoms. The van der Waals surface area contributed by atoms with E-state index in [0.717, 1.165) is 25.9 Å². The Labute approximate surface area is 136 Å². The minimum Gasteiger partial charge on any atom is -0.352 e. The van der Waals surface area contributed by atoms with Crippen molar-refractivity contribution in [2.75, 3.05) is 19.6 Å². The molecule has 2 amide bonds. The lowest BCUT2D eigenvalue weighted by Gasteiger charge is -2.31. The number of nitrogens with zero attached hydrogens (tertiary/aromatic N) is 2. The topological polar surface area (TPSA) is 62.3 Å². The van der Waals surface area contributed by atoms with E-state index in [1.165, 1.54) is 12.8 Å². The Morgan fingerprint density at radius 1 is 1.26 bits per heavy atom. The lowest BCUT2D eigenvalue weighted by molar-refractivity contribution is -0.127. The molecule has 0 aromatic carbocycles. The van der Waals surface area contributed by atoms with Crippen LogP contribution in [0.3, 0.4) is 0 Å². The number of hydrogen-bond donors (Lipinski definition) is 1.